The van der Waals surface area contributed by atoms with Crippen LogP contribution >= 0.6 is 0 Å². The van der Waals surface area contributed by atoms with Crippen molar-refractivity contribution in [2.24, 2.45) is 0 Å². The maximum absolute atomic E-state index is 13.4. The number of aryl methyl sites for hydroxylation is 2. The Bertz CT molecular complexity index is 1270. The van der Waals surface area contributed by atoms with E-state index in [2.05, 4.69) is 10.6 Å². The highest BCUT2D eigenvalue weighted by Crippen LogP contribution is 2.34. The van der Waals surface area contributed by atoms with E-state index in [1.807, 2.05) is 79.7 Å². The molecule has 2 N–H and O–H groups in total. The summed E-state index contributed by atoms with van der Waals surface area (Å²) in [6.07, 6.45) is 1.05. The number of benzene rings is 3. The number of ether oxygens (including phenoxy) is 3. The molecule has 2 heterocycles. The van der Waals surface area contributed by atoms with Gasteiger partial charge in [0, 0.05) is 5.70 Å². The van der Waals surface area contributed by atoms with Gasteiger partial charge in [-0.3, -0.25) is 0 Å². The fourth-order valence-electron chi connectivity index (χ4n) is 4.23. The molecule has 2 amide bonds. The molecule has 35 heavy (non-hydrogen) atoms. The fraction of sp³-hybridized carbons (Fsp3) is 0.214. The van der Waals surface area contributed by atoms with Gasteiger partial charge in [-0.1, -0.05) is 66.2 Å². The summed E-state index contributed by atoms with van der Waals surface area (Å²) in [5.41, 5.74) is 4.77. The SMILES string of the molecule is Cc1ccc(C2NC(=O)NC(CCc3ccc4c(c3)OCO4)=C2C(=O)OCc2ccccc2)cc1. The Kier molecular flexibility index (Phi) is 6.39. The van der Waals surface area contributed by atoms with Crippen LogP contribution in [0.15, 0.2) is 84.1 Å². The van der Waals surface area contributed by atoms with Crippen LogP contribution in [0.1, 0.15) is 34.7 Å². The number of allylic oxidation sites excluding steroid dienone is 1. The number of carbonyl (C=O) groups is 2. The zero-order valence-corrected chi connectivity index (χ0v) is 19.4. The van der Waals surface area contributed by atoms with Crippen molar-refractivity contribution in [1.29, 1.82) is 0 Å². The molecule has 0 spiro atoms. The molecule has 5 rings (SSSR count). The number of nitrogens with one attached hydrogen (secondary N) is 2. The Hall–Kier alpha value is -4.26. The van der Waals surface area contributed by atoms with Crippen LogP contribution in [0.2, 0.25) is 0 Å². The Morgan fingerprint density at radius 2 is 1.71 bits per heavy atom. The van der Waals surface area contributed by atoms with Gasteiger partial charge in [0.25, 0.3) is 0 Å². The predicted octanol–water partition coefficient (Wildman–Crippen LogP) is 4.71. The second-order valence-electron chi connectivity index (χ2n) is 8.58. The molecular formula is C28H26N2O5. The van der Waals surface area contributed by atoms with Crippen molar-refractivity contribution in [2.75, 3.05) is 6.79 Å². The summed E-state index contributed by atoms with van der Waals surface area (Å²) < 4.78 is 16.6. The van der Waals surface area contributed by atoms with E-state index in [9.17, 15) is 9.59 Å². The summed E-state index contributed by atoms with van der Waals surface area (Å²) in [6.45, 7) is 2.35. The molecule has 1 atom stereocenters. The third kappa shape index (κ3) is 5.14. The minimum atomic E-state index is -0.612. The van der Waals surface area contributed by atoms with Crippen LogP contribution in [0.3, 0.4) is 0 Å². The highest BCUT2D eigenvalue weighted by atomic mass is 16.7. The van der Waals surface area contributed by atoms with E-state index in [0.29, 0.717) is 35.6 Å². The van der Waals surface area contributed by atoms with E-state index >= 15 is 0 Å². The lowest BCUT2D eigenvalue weighted by Crippen LogP contribution is -2.46. The molecule has 0 aromatic heterocycles. The molecule has 0 bridgehead atoms. The van der Waals surface area contributed by atoms with Crippen molar-refractivity contribution in [3.63, 3.8) is 0 Å². The summed E-state index contributed by atoms with van der Waals surface area (Å²) in [7, 11) is 0. The van der Waals surface area contributed by atoms with Crippen molar-refractivity contribution in [1.82, 2.24) is 10.6 Å². The predicted molar refractivity (Wildman–Crippen MR) is 130 cm³/mol. The molecule has 178 valence electrons. The Balaban J connectivity index is 1.44. The lowest BCUT2D eigenvalue weighted by atomic mass is 9.92. The van der Waals surface area contributed by atoms with Crippen LogP contribution in [-0.2, 0) is 22.6 Å². The van der Waals surface area contributed by atoms with Crippen LogP contribution in [0.4, 0.5) is 4.79 Å². The quantitative estimate of drug-likeness (QED) is 0.489. The van der Waals surface area contributed by atoms with Crippen LogP contribution in [0, 0.1) is 6.92 Å². The number of amides is 2. The molecule has 1 unspecified atom stereocenters. The molecule has 0 fully saturated rings. The molecule has 3 aromatic carbocycles. The maximum atomic E-state index is 13.4. The van der Waals surface area contributed by atoms with Gasteiger partial charge < -0.3 is 24.8 Å². The van der Waals surface area contributed by atoms with Crippen molar-refractivity contribution in [3.05, 3.63) is 106 Å². The lowest BCUT2D eigenvalue weighted by molar-refractivity contribution is -0.140. The highest BCUT2D eigenvalue weighted by molar-refractivity contribution is 5.95. The topological polar surface area (TPSA) is 85.9 Å². The van der Waals surface area contributed by atoms with Gasteiger partial charge >= 0.3 is 12.0 Å². The largest absolute Gasteiger partial charge is 0.457 e. The highest BCUT2D eigenvalue weighted by Gasteiger charge is 2.33. The number of hydrogen-bond donors (Lipinski definition) is 2. The summed E-state index contributed by atoms with van der Waals surface area (Å²) in [4.78, 5) is 26.0. The normalized spacial score (nSPS) is 16.5. The van der Waals surface area contributed by atoms with E-state index in [0.717, 1.165) is 22.3 Å². The number of urea groups is 1. The molecule has 7 nitrogen and oxygen atoms in total. The number of esters is 1. The van der Waals surface area contributed by atoms with Gasteiger partial charge in [0.2, 0.25) is 6.79 Å². The van der Waals surface area contributed by atoms with Crippen molar-refractivity contribution in [2.45, 2.75) is 32.4 Å². The molecule has 0 saturated heterocycles. The van der Waals surface area contributed by atoms with E-state index in [4.69, 9.17) is 14.2 Å². The zero-order valence-electron chi connectivity index (χ0n) is 19.4. The molecule has 7 heteroatoms. The molecule has 3 aromatic rings. The smallest absolute Gasteiger partial charge is 0.338 e. The number of carbonyl (C=O) groups excluding carboxylic acids is 2. The van der Waals surface area contributed by atoms with Gasteiger partial charge in [0.15, 0.2) is 11.5 Å². The average molecular weight is 471 g/mol. The fourth-order valence-corrected chi connectivity index (χ4v) is 4.23. The van der Waals surface area contributed by atoms with Crippen LogP contribution < -0.4 is 20.1 Å². The van der Waals surface area contributed by atoms with Crippen LogP contribution in [0.25, 0.3) is 0 Å². The minimum absolute atomic E-state index is 0.146. The second-order valence-corrected chi connectivity index (χ2v) is 8.58. The van der Waals surface area contributed by atoms with E-state index in [1.165, 1.54) is 0 Å². The Morgan fingerprint density at radius 1 is 0.943 bits per heavy atom. The number of fused-ring (bicyclic) bond motifs is 1. The average Bonchev–Trinajstić information content (AvgIpc) is 3.35. The first-order valence-corrected chi connectivity index (χ1v) is 11.5. The minimum Gasteiger partial charge on any atom is -0.457 e. The summed E-state index contributed by atoms with van der Waals surface area (Å²) in [5.74, 6) is 0.950. The van der Waals surface area contributed by atoms with Crippen molar-refractivity contribution >= 4 is 12.0 Å². The molecule has 2 aliphatic heterocycles. The van der Waals surface area contributed by atoms with Gasteiger partial charge in [-0.05, 0) is 48.6 Å². The van der Waals surface area contributed by atoms with Gasteiger partial charge in [-0.15, -0.1) is 0 Å². The first-order chi connectivity index (χ1) is 17.1. The number of hydrogen-bond acceptors (Lipinski definition) is 5. The first-order valence-electron chi connectivity index (χ1n) is 11.5. The zero-order chi connectivity index (χ0) is 24.2. The van der Waals surface area contributed by atoms with E-state index < -0.39 is 12.0 Å². The lowest BCUT2D eigenvalue weighted by Gasteiger charge is -2.29. The van der Waals surface area contributed by atoms with Gasteiger partial charge in [0.05, 0.1) is 11.6 Å². The maximum Gasteiger partial charge on any atom is 0.338 e. The van der Waals surface area contributed by atoms with Gasteiger partial charge in [-0.25, -0.2) is 9.59 Å². The monoisotopic (exact) mass is 470 g/mol. The van der Waals surface area contributed by atoms with Gasteiger partial charge in [-0.2, -0.15) is 0 Å². The third-order valence-corrected chi connectivity index (χ3v) is 6.10. The standard InChI is InChI=1S/C28H26N2O5/c1-18-7-11-21(12-8-18)26-25(27(31)33-16-20-5-3-2-4-6-20)22(29-28(32)30-26)13-9-19-10-14-23-24(15-19)35-17-34-23/h2-8,10-12,14-15,26H,9,13,16-17H2,1H3,(H2,29,30,32). The van der Waals surface area contributed by atoms with Crippen molar-refractivity contribution in [3.8, 4) is 11.5 Å². The van der Waals surface area contributed by atoms with Crippen LogP contribution in [0.5, 0.6) is 11.5 Å². The third-order valence-electron chi connectivity index (χ3n) is 6.10. The second kappa shape index (κ2) is 9.93. The Morgan fingerprint density at radius 3 is 2.51 bits per heavy atom. The molecule has 0 aliphatic carbocycles. The van der Waals surface area contributed by atoms with Crippen molar-refractivity contribution < 1.29 is 23.8 Å². The summed E-state index contributed by atoms with van der Waals surface area (Å²) in [5, 5.41) is 5.75. The Labute approximate surface area is 203 Å². The van der Waals surface area contributed by atoms with Gasteiger partial charge in [0.1, 0.15) is 6.61 Å². The first kappa shape index (κ1) is 22.5. The molecule has 0 radical (unpaired) electrons. The molecule has 0 saturated carbocycles. The summed E-state index contributed by atoms with van der Waals surface area (Å²) in [6, 6.07) is 22.1. The molecule has 2 aliphatic rings. The summed E-state index contributed by atoms with van der Waals surface area (Å²) >= 11 is 0. The number of rotatable bonds is 7. The van der Waals surface area contributed by atoms with E-state index in [1.54, 1.807) is 0 Å². The molecular weight excluding hydrogens is 444 g/mol. The van der Waals surface area contributed by atoms with E-state index in [-0.39, 0.29) is 19.4 Å². The van der Waals surface area contributed by atoms with Crippen LogP contribution in [-0.4, -0.2) is 18.8 Å².